The summed E-state index contributed by atoms with van der Waals surface area (Å²) < 4.78 is 0. The molecule has 0 saturated heterocycles. The minimum absolute atomic E-state index is 0.183. The number of aromatic nitrogens is 4. The van der Waals surface area contributed by atoms with Crippen molar-refractivity contribution in [2.75, 3.05) is 11.4 Å². The van der Waals surface area contributed by atoms with Gasteiger partial charge >= 0.3 is 0 Å². The van der Waals surface area contributed by atoms with E-state index in [0.29, 0.717) is 25.3 Å². The molecule has 21 heavy (non-hydrogen) atoms. The summed E-state index contributed by atoms with van der Waals surface area (Å²) in [5.74, 6) is 0.231. The molecule has 2 rings (SSSR count). The van der Waals surface area contributed by atoms with Gasteiger partial charge in [-0.2, -0.15) is 0 Å². The highest BCUT2D eigenvalue weighted by molar-refractivity contribution is 5.98. The van der Waals surface area contributed by atoms with Crippen LogP contribution in [0.3, 0.4) is 0 Å². The summed E-state index contributed by atoms with van der Waals surface area (Å²) in [7, 11) is 0. The van der Waals surface area contributed by atoms with Crippen molar-refractivity contribution in [3.8, 4) is 0 Å². The molecular weight excluding hydrogens is 268 g/mol. The molecule has 0 aliphatic carbocycles. The van der Waals surface area contributed by atoms with Gasteiger partial charge in [0.2, 0.25) is 11.9 Å². The Kier molecular flexibility index (Phi) is 4.64. The highest BCUT2D eigenvalue weighted by Gasteiger charge is 2.33. The molecule has 0 bridgehead atoms. The first-order valence-corrected chi connectivity index (χ1v) is 6.91. The number of likely N-dealkylation sites (N-methyl/N-ethyl adjacent to an activating group) is 1. The lowest BCUT2D eigenvalue weighted by atomic mass is 9.94. The van der Waals surface area contributed by atoms with Crippen molar-refractivity contribution in [2.24, 2.45) is 5.73 Å². The minimum Gasteiger partial charge on any atom is -0.318 e. The van der Waals surface area contributed by atoms with Crippen LogP contribution in [-0.2, 0) is 11.2 Å². The van der Waals surface area contributed by atoms with Gasteiger partial charge in [-0.3, -0.25) is 14.7 Å². The second-order valence-corrected chi connectivity index (χ2v) is 5.10. The molecule has 0 spiro atoms. The standard InChI is InChI=1S/C14H20N6O/c1-3-20(13-17-10-18-19-13)12(21)14(2,15)8-7-11-6-4-5-9-16-11/h4-6,9-10H,3,7-8,15H2,1-2H3,(H,17,18,19). The molecule has 2 heterocycles. The zero-order valence-electron chi connectivity index (χ0n) is 12.3. The number of H-pyrrole nitrogens is 1. The maximum atomic E-state index is 12.6. The Morgan fingerprint density at radius 3 is 2.86 bits per heavy atom. The van der Waals surface area contributed by atoms with E-state index in [1.54, 1.807) is 13.1 Å². The van der Waals surface area contributed by atoms with E-state index in [-0.39, 0.29) is 5.91 Å². The van der Waals surface area contributed by atoms with Crippen LogP contribution in [0.1, 0.15) is 26.0 Å². The normalized spacial score (nSPS) is 13.7. The number of nitrogens with two attached hydrogens (primary N) is 1. The summed E-state index contributed by atoms with van der Waals surface area (Å²) in [6, 6.07) is 5.71. The lowest BCUT2D eigenvalue weighted by molar-refractivity contribution is -0.123. The lowest BCUT2D eigenvalue weighted by Gasteiger charge is -2.29. The third-order valence-electron chi connectivity index (χ3n) is 3.34. The highest BCUT2D eigenvalue weighted by atomic mass is 16.2. The fraction of sp³-hybridized carbons (Fsp3) is 0.429. The van der Waals surface area contributed by atoms with E-state index in [1.807, 2.05) is 25.1 Å². The number of rotatable bonds is 6. The molecule has 0 aliphatic rings. The Morgan fingerprint density at radius 1 is 1.48 bits per heavy atom. The van der Waals surface area contributed by atoms with Crippen LogP contribution in [0.4, 0.5) is 5.95 Å². The summed E-state index contributed by atoms with van der Waals surface area (Å²) in [5, 5.41) is 7.57. The smallest absolute Gasteiger partial charge is 0.249 e. The van der Waals surface area contributed by atoms with Crippen molar-refractivity contribution < 1.29 is 4.79 Å². The molecule has 1 unspecified atom stereocenters. The number of hydrogen-bond acceptors (Lipinski definition) is 5. The van der Waals surface area contributed by atoms with Crippen molar-refractivity contribution in [1.29, 1.82) is 0 Å². The first-order chi connectivity index (χ1) is 10.0. The van der Waals surface area contributed by atoms with E-state index >= 15 is 0 Å². The molecule has 0 fully saturated rings. The van der Waals surface area contributed by atoms with Crippen LogP contribution < -0.4 is 10.6 Å². The fourth-order valence-electron chi connectivity index (χ4n) is 2.07. The Balaban J connectivity index is 2.05. The third kappa shape index (κ3) is 3.63. The Labute approximate surface area is 123 Å². The van der Waals surface area contributed by atoms with Gasteiger partial charge < -0.3 is 10.7 Å². The van der Waals surface area contributed by atoms with Crippen molar-refractivity contribution >= 4 is 11.9 Å². The van der Waals surface area contributed by atoms with Crippen LogP contribution in [0.2, 0.25) is 0 Å². The summed E-state index contributed by atoms with van der Waals surface area (Å²) in [6.45, 7) is 4.08. The van der Waals surface area contributed by atoms with Crippen LogP contribution in [0.25, 0.3) is 0 Å². The van der Waals surface area contributed by atoms with E-state index in [9.17, 15) is 4.79 Å². The number of aromatic amines is 1. The second kappa shape index (κ2) is 6.45. The van der Waals surface area contributed by atoms with Crippen LogP contribution >= 0.6 is 0 Å². The molecule has 1 amide bonds. The summed E-state index contributed by atoms with van der Waals surface area (Å²) in [5.41, 5.74) is 6.14. The second-order valence-electron chi connectivity index (χ2n) is 5.10. The fourth-order valence-corrected chi connectivity index (χ4v) is 2.07. The number of nitrogens with one attached hydrogen (secondary N) is 1. The van der Waals surface area contributed by atoms with E-state index in [2.05, 4.69) is 20.2 Å². The van der Waals surface area contributed by atoms with Crippen molar-refractivity contribution in [2.45, 2.75) is 32.2 Å². The molecule has 7 nitrogen and oxygen atoms in total. The van der Waals surface area contributed by atoms with Gasteiger partial charge in [0.15, 0.2) is 0 Å². The largest absolute Gasteiger partial charge is 0.318 e. The first kappa shape index (κ1) is 15.1. The Hall–Kier alpha value is -2.28. The van der Waals surface area contributed by atoms with Crippen LogP contribution in [0.15, 0.2) is 30.7 Å². The number of hydrogen-bond donors (Lipinski definition) is 2. The molecule has 1 atom stereocenters. The Bertz CT molecular complexity index is 566. The molecule has 2 aromatic heterocycles. The minimum atomic E-state index is -0.986. The van der Waals surface area contributed by atoms with Crippen LogP contribution in [-0.4, -0.2) is 38.2 Å². The predicted molar refractivity (Wildman–Crippen MR) is 79.6 cm³/mol. The van der Waals surface area contributed by atoms with Gasteiger partial charge in [0.1, 0.15) is 6.33 Å². The van der Waals surface area contributed by atoms with Gasteiger partial charge in [-0.05, 0) is 38.8 Å². The number of nitrogens with zero attached hydrogens (tertiary/aromatic N) is 4. The van der Waals surface area contributed by atoms with E-state index < -0.39 is 5.54 Å². The number of aryl methyl sites for hydroxylation is 1. The molecule has 3 N–H and O–H groups in total. The number of anilines is 1. The molecule has 112 valence electrons. The lowest BCUT2D eigenvalue weighted by Crippen LogP contribution is -2.54. The molecule has 0 aliphatic heterocycles. The number of carbonyl (C=O) groups is 1. The van der Waals surface area contributed by atoms with Gasteiger partial charge in [0.25, 0.3) is 0 Å². The molecule has 2 aromatic rings. The number of carbonyl (C=O) groups excluding carboxylic acids is 1. The summed E-state index contributed by atoms with van der Waals surface area (Å²) >= 11 is 0. The van der Waals surface area contributed by atoms with E-state index in [4.69, 9.17) is 5.73 Å². The summed E-state index contributed by atoms with van der Waals surface area (Å²) in [6.07, 6.45) is 4.33. The third-order valence-corrected chi connectivity index (χ3v) is 3.34. The van der Waals surface area contributed by atoms with E-state index in [0.717, 1.165) is 5.69 Å². The van der Waals surface area contributed by atoms with Gasteiger partial charge in [0, 0.05) is 18.4 Å². The maximum Gasteiger partial charge on any atom is 0.249 e. The van der Waals surface area contributed by atoms with E-state index in [1.165, 1.54) is 11.2 Å². The van der Waals surface area contributed by atoms with Crippen LogP contribution in [0.5, 0.6) is 0 Å². The Morgan fingerprint density at radius 2 is 2.29 bits per heavy atom. The average molecular weight is 288 g/mol. The van der Waals surface area contributed by atoms with Crippen molar-refractivity contribution in [3.63, 3.8) is 0 Å². The quantitative estimate of drug-likeness (QED) is 0.822. The zero-order chi connectivity index (χ0) is 15.3. The van der Waals surface area contributed by atoms with Gasteiger partial charge in [-0.15, -0.1) is 10.2 Å². The molecule has 0 saturated carbocycles. The van der Waals surface area contributed by atoms with Gasteiger partial charge in [-0.1, -0.05) is 6.07 Å². The van der Waals surface area contributed by atoms with Gasteiger partial charge in [-0.25, -0.2) is 0 Å². The zero-order valence-corrected chi connectivity index (χ0v) is 12.3. The molecule has 0 radical (unpaired) electrons. The van der Waals surface area contributed by atoms with Crippen LogP contribution in [0, 0.1) is 0 Å². The molecule has 7 heteroatoms. The maximum absolute atomic E-state index is 12.6. The number of amides is 1. The van der Waals surface area contributed by atoms with Crippen molar-refractivity contribution in [1.82, 2.24) is 20.2 Å². The summed E-state index contributed by atoms with van der Waals surface area (Å²) in [4.78, 5) is 21.2. The molecular formula is C14H20N6O. The molecule has 0 aromatic carbocycles. The van der Waals surface area contributed by atoms with Gasteiger partial charge in [0.05, 0.1) is 5.54 Å². The topological polar surface area (TPSA) is 101 Å². The average Bonchev–Trinajstić information content (AvgIpc) is 3.01. The predicted octanol–water partition coefficient (Wildman–Crippen LogP) is 0.903. The van der Waals surface area contributed by atoms with Crippen molar-refractivity contribution in [3.05, 3.63) is 36.4 Å². The number of pyridine rings is 1. The SMILES string of the molecule is CCN(C(=O)C(C)(N)CCc1ccccn1)c1nnc[nH]1. The monoisotopic (exact) mass is 288 g/mol. The first-order valence-electron chi connectivity index (χ1n) is 6.91. The highest BCUT2D eigenvalue weighted by Crippen LogP contribution is 2.17.